The Labute approximate surface area is 227 Å². The number of pyridine rings is 2. The third-order valence-electron chi connectivity index (χ3n) is 7.89. The number of likely N-dealkylation sites (tertiary alicyclic amines) is 1. The molecular weight excluding hydrogens is 490 g/mol. The van der Waals surface area contributed by atoms with E-state index in [0.717, 1.165) is 88.9 Å². The molecule has 0 aliphatic carbocycles. The van der Waals surface area contributed by atoms with Crippen LogP contribution in [0.4, 0.5) is 5.69 Å². The Morgan fingerprint density at radius 1 is 0.949 bits per heavy atom. The molecule has 10 nitrogen and oxygen atoms in total. The summed E-state index contributed by atoms with van der Waals surface area (Å²) in [4.78, 5) is 24.9. The second-order valence-electron chi connectivity index (χ2n) is 10.5. The normalized spacial score (nSPS) is 17.0. The number of piperazine rings is 1. The van der Waals surface area contributed by atoms with Gasteiger partial charge in [0.15, 0.2) is 5.82 Å². The van der Waals surface area contributed by atoms with E-state index < -0.39 is 0 Å². The number of likely N-dealkylation sites (N-methyl/N-ethyl adjacent to an activating group) is 1. The number of nitrogens with one attached hydrogen (secondary N) is 2. The molecule has 2 aliphatic rings. The fraction of sp³-hybridized carbons (Fsp3) is 0.379. The number of H-pyrrole nitrogens is 2. The highest BCUT2D eigenvalue weighted by Gasteiger charge is 2.20. The highest BCUT2D eigenvalue weighted by molar-refractivity contribution is 5.96. The van der Waals surface area contributed by atoms with Crippen LogP contribution in [-0.2, 0) is 0 Å². The minimum absolute atomic E-state index is 0.658. The summed E-state index contributed by atoms with van der Waals surface area (Å²) >= 11 is 0. The molecular formula is C29H33N9O. The summed E-state index contributed by atoms with van der Waals surface area (Å²) in [6, 6.07) is 10.4. The molecule has 2 aliphatic heterocycles. The number of hydrogen-bond donors (Lipinski definition) is 2. The molecule has 6 heterocycles. The summed E-state index contributed by atoms with van der Waals surface area (Å²) < 4.78 is 6.02. The molecule has 4 aromatic heterocycles. The van der Waals surface area contributed by atoms with Gasteiger partial charge in [-0.15, -0.1) is 0 Å². The minimum atomic E-state index is 0.658. The Hall–Kier alpha value is -4.02. The Morgan fingerprint density at radius 3 is 2.69 bits per heavy atom. The second kappa shape index (κ2) is 10.3. The van der Waals surface area contributed by atoms with Crippen LogP contribution < -0.4 is 9.64 Å². The van der Waals surface area contributed by atoms with Crippen molar-refractivity contribution in [3.63, 3.8) is 0 Å². The van der Waals surface area contributed by atoms with Gasteiger partial charge in [-0.05, 0) is 57.2 Å². The van der Waals surface area contributed by atoms with Crippen molar-refractivity contribution in [2.45, 2.75) is 12.8 Å². The summed E-state index contributed by atoms with van der Waals surface area (Å²) in [6.45, 7) is 8.02. The number of benzene rings is 1. The summed E-state index contributed by atoms with van der Waals surface area (Å²) in [6.07, 6.45) is 7.98. The van der Waals surface area contributed by atoms with Crippen LogP contribution in [0.5, 0.6) is 5.75 Å². The third-order valence-corrected chi connectivity index (χ3v) is 7.89. The molecule has 0 atom stereocenters. The van der Waals surface area contributed by atoms with Crippen molar-refractivity contribution < 1.29 is 4.74 Å². The number of ether oxygens (including phenoxy) is 1. The average molecular weight is 524 g/mol. The highest BCUT2D eigenvalue weighted by Crippen LogP contribution is 2.32. The number of fused-ring (bicyclic) bond motifs is 2. The van der Waals surface area contributed by atoms with Gasteiger partial charge in [0, 0.05) is 49.9 Å². The van der Waals surface area contributed by atoms with Gasteiger partial charge in [-0.25, -0.2) is 4.98 Å². The van der Waals surface area contributed by atoms with Crippen molar-refractivity contribution in [2.24, 2.45) is 0 Å². The van der Waals surface area contributed by atoms with Gasteiger partial charge < -0.3 is 19.5 Å². The largest absolute Gasteiger partial charge is 0.491 e. The zero-order valence-corrected chi connectivity index (χ0v) is 22.2. The molecule has 7 rings (SSSR count). The van der Waals surface area contributed by atoms with Crippen molar-refractivity contribution in [3.05, 3.63) is 48.9 Å². The molecule has 0 bridgehead atoms. The Bertz CT molecular complexity index is 1600. The SMILES string of the molecule is CN1CCN(c2cccc3[nH]c(-c4n[nH]c5cnc(-c6cncc(OCCN7CCCC7)c6)cc45)nc23)CC1. The zero-order chi connectivity index (χ0) is 26.2. The summed E-state index contributed by atoms with van der Waals surface area (Å²) in [5.74, 6) is 1.50. The van der Waals surface area contributed by atoms with E-state index in [1.54, 1.807) is 6.20 Å². The van der Waals surface area contributed by atoms with Crippen LogP contribution in [0.25, 0.3) is 44.7 Å². The monoisotopic (exact) mass is 523 g/mol. The number of aromatic amines is 2. The number of rotatable bonds is 7. The quantitative estimate of drug-likeness (QED) is 0.332. The van der Waals surface area contributed by atoms with Crippen molar-refractivity contribution in [1.29, 1.82) is 0 Å². The van der Waals surface area contributed by atoms with Gasteiger partial charge in [-0.2, -0.15) is 5.10 Å². The molecule has 10 heteroatoms. The topological polar surface area (TPSA) is 102 Å². The number of hydrogen-bond acceptors (Lipinski definition) is 8. The van der Waals surface area contributed by atoms with E-state index in [1.165, 1.54) is 25.9 Å². The van der Waals surface area contributed by atoms with Gasteiger partial charge in [0.25, 0.3) is 0 Å². The lowest BCUT2D eigenvalue weighted by Crippen LogP contribution is -2.44. The van der Waals surface area contributed by atoms with Crippen molar-refractivity contribution in [2.75, 3.05) is 64.4 Å². The van der Waals surface area contributed by atoms with E-state index in [2.05, 4.69) is 65.1 Å². The molecule has 5 aromatic rings. The molecule has 1 aromatic carbocycles. The van der Waals surface area contributed by atoms with Crippen LogP contribution >= 0.6 is 0 Å². The second-order valence-corrected chi connectivity index (χ2v) is 10.5. The first-order chi connectivity index (χ1) is 19.2. The molecule has 2 fully saturated rings. The maximum atomic E-state index is 6.02. The average Bonchev–Trinajstić information content (AvgIpc) is 3.73. The van der Waals surface area contributed by atoms with Gasteiger partial charge in [-0.3, -0.25) is 20.0 Å². The molecule has 2 N–H and O–H groups in total. The first-order valence-electron chi connectivity index (χ1n) is 13.8. The number of imidazole rings is 1. The predicted molar refractivity (Wildman–Crippen MR) is 153 cm³/mol. The summed E-state index contributed by atoms with van der Waals surface area (Å²) in [5.41, 5.74) is 6.51. The van der Waals surface area contributed by atoms with E-state index in [9.17, 15) is 0 Å². The van der Waals surface area contributed by atoms with Gasteiger partial charge in [0.1, 0.15) is 23.6 Å². The van der Waals surface area contributed by atoms with Crippen molar-refractivity contribution in [3.8, 4) is 28.5 Å². The molecule has 0 spiro atoms. The van der Waals surface area contributed by atoms with E-state index >= 15 is 0 Å². The fourth-order valence-corrected chi connectivity index (χ4v) is 5.62. The van der Waals surface area contributed by atoms with E-state index in [0.29, 0.717) is 6.61 Å². The van der Waals surface area contributed by atoms with Crippen LogP contribution in [0.3, 0.4) is 0 Å². The molecule has 0 amide bonds. The zero-order valence-electron chi connectivity index (χ0n) is 22.2. The van der Waals surface area contributed by atoms with Crippen molar-refractivity contribution >= 4 is 27.6 Å². The Morgan fingerprint density at radius 2 is 1.82 bits per heavy atom. The standard InChI is InChI=1S/C29H33N9O/c1-36-9-11-38(12-10-36)26-6-4-5-23-28(26)33-29(32-23)27-22-16-24(31-19-25(22)34-35-27)20-15-21(18-30-17-20)39-14-13-37-7-2-3-8-37/h4-6,15-19H,2-3,7-14H2,1H3,(H,32,33)(H,34,35). The molecule has 2 saturated heterocycles. The van der Waals surface area contributed by atoms with Crippen LogP contribution in [0.15, 0.2) is 48.9 Å². The maximum absolute atomic E-state index is 6.02. The number of aromatic nitrogens is 6. The maximum Gasteiger partial charge on any atom is 0.159 e. The fourth-order valence-electron chi connectivity index (χ4n) is 5.62. The smallest absolute Gasteiger partial charge is 0.159 e. The lowest BCUT2D eigenvalue weighted by molar-refractivity contribution is 0.237. The Kier molecular flexibility index (Phi) is 6.34. The number of anilines is 1. The first kappa shape index (κ1) is 24.1. The number of para-hydroxylation sites is 1. The van der Waals surface area contributed by atoms with E-state index in [-0.39, 0.29) is 0 Å². The molecule has 0 unspecified atom stereocenters. The highest BCUT2D eigenvalue weighted by atomic mass is 16.5. The van der Waals surface area contributed by atoms with Gasteiger partial charge in [0.05, 0.1) is 34.8 Å². The van der Waals surface area contributed by atoms with E-state index in [4.69, 9.17) is 9.72 Å². The van der Waals surface area contributed by atoms with E-state index in [1.807, 2.05) is 24.5 Å². The van der Waals surface area contributed by atoms with Gasteiger partial charge in [0.2, 0.25) is 0 Å². The number of nitrogens with zero attached hydrogens (tertiary/aromatic N) is 7. The summed E-state index contributed by atoms with van der Waals surface area (Å²) in [5, 5.41) is 8.70. The van der Waals surface area contributed by atoms with Crippen LogP contribution in [0.2, 0.25) is 0 Å². The Balaban J connectivity index is 1.17. The summed E-state index contributed by atoms with van der Waals surface area (Å²) in [7, 11) is 2.17. The minimum Gasteiger partial charge on any atom is -0.491 e. The predicted octanol–water partition coefficient (Wildman–Crippen LogP) is 3.79. The van der Waals surface area contributed by atoms with Crippen molar-refractivity contribution in [1.82, 2.24) is 39.9 Å². The lowest BCUT2D eigenvalue weighted by Gasteiger charge is -2.34. The first-order valence-corrected chi connectivity index (χ1v) is 13.8. The molecule has 200 valence electrons. The van der Waals surface area contributed by atoms with Gasteiger partial charge in [-0.1, -0.05) is 6.07 Å². The molecule has 0 saturated carbocycles. The molecule has 39 heavy (non-hydrogen) atoms. The lowest BCUT2D eigenvalue weighted by atomic mass is 10.1. The molecule has 0 radical (unpaired) electrons. The third kappa shape index (κ3) is 4.81. The van der Waals surface area contributed by atoms with Crippen LogP contribution in [-0.4, -0.2) is 99.4 Å². The van der Waals surface area contributed by atoms with Crippen LogP contribution in [0, 0.1) is 0 Å². The van der Waals surface area contributed by atoms with Crippen LogP contribution in [0.1, 0.15) is 12.8 Å². The van der Waals surface area contributed by atoms with Gasteiger partial charge >= 0.3 is 0 Å².